The second-order valence-electron chi connectivity index (χ2n) is 9.07. The second kappa shape index (κ2) is 9.04. The van der Waals surface area contributed by atoms with Gasteiger partial charge in [0.15, 0.2) is 0 Å². The number of amides is 4. The SMILES string of the molecule is CCCC1(c2ccc(C(=O)N3CCN(c4nc(C)c(C)cc4C)CC3)cc2F)NC(=O)NC1=O. The van der Waals surface area contributed by atoms with Gasteiger partial charge in [0.2, 0.25) is 0 Å². The molecule has 0 saturated carbocycles. The first kappa shape index (κ1) is 23.7. The van der Waals surface area contributed by atoms with Crippen molar-refractivity contribution < 1.29 is 18.8 Å². The molecule has 2 fully saturated rings. The number of carbonyl (C=O) groups excluding carboxylic acids is 3. The molecule has 0 bridgehead atoms. The van der Waals surface area contributed by atoms with Crippen LogP contribution < -0.4 is 15.5 Å². The van der Waals surface area contributed by atoms with Crippen molar-refractivity contribution >= 4 is 23.7 Å². The summed E-state index contributed by atoms with van der Waals surface area (Å²) < 4.78 is 15.2. The van der Waals surface area contributed by atoms with Gasteiger partial charge in [-0.1, -0.05) is 25.5 Å². The molecule has 1 aromatic carbocycles. The fraction of sp³-hybridized carbons (Fsp3) is 0.440. The summed E-state index contributed by atoms with van der Waals surface area (Å²) in [6.07, 6.45) is 0.815. The number of pyridine rings is 1. The molecule has 0 radical (unpaired) electrons. The minimum absolute atomic E-state index is 0.0651. The Balaban J connectivity index is 1.49. The lowest BCUT2D eigenvalue weighted by Gasteiger charge is -2.36. The number of halogens is 1. The maximum Gasteiger partial charge on any atom is 0.322 e. The van der Waals surface area contributed by atoms with E-state index in [2.05, 4.69) is 21.6 Å². The number of urea groups is 1. The average Bonchev–Trinajstić information content (AvgIpc) is 3.09. The molecule has 8 nitrogen and oxygen atoms in total. The summed E-state index contributed by atoms with van der Waals surface area (Å²) in [5.41, 5.74) is 2.06. The molecule has 1 unspecified atom stereocenters. The number of benzene rings is 1. The molecule has 2 saturated heterocycles. The van der Waals surface area contributed by atoms with Crippen LogP contribution in [0, 0.1) is 26.6 Å². The summed E-state index contributed by atoms with van der Waals surface area (Å²) >= 11 is 0. The molecule has 0 aliphatic carbocycles. The zero-order valence-electron chi connectivity index (χ0n) is 20.0. The van der Waals surface area contributed by atoms with Gasteiger partial charge in [-0.15, -0.1) is 0 Å². The Morgan fingerprint density at radius 3 is 2.38 bits per heavy atom. The van der Waals surface area contributed by atoms with E-state index < -0.39 is 23.3 Å². The molecule has 0 spiro atoms. The van der Waals surface area contributed by atoms with Crippen molar-refractivity contribution in [2.45, 2.75) is 46.1 Å². The van der Waals surface area contributed by atoms with Crippen molar-refractivity contribution in [2.24, 2.45) is 0 Å². The van der Waals surface area contributed by atoms with Crippen molar-refractivity contribution in [3.63, 3.8) is 0 Å². The first-order valence-corrected chi connectivity index (χ1v) is 11.6. The molecular weight excluding hydrogens is 437 g/mol. The van der Waals surface area contributed by atoms with Gasteiger partial charge in [0.25, 0.3) is 11.8 Å². The molecule has 3 heterocycles. The van der Waals surface area contributed by atoms with Crippen LogP contribution in [-0.2, 0) is 10.3 Å². The van der Waals surface area contributed by atoms with Crippen LogP contribution in [0.4, 0.5) is 15.0 Å². The molecule has 2 aromatic rings. The molecule has 9 heteroatoms. The number of imide groups is 1. The zero-order valence-corrected chi connectivity index (χ0v) is 20.0. The number of rotatable bonds is 5. The highest BCUT2D eigenvalue weighted by Crippen LogP contribution is 2.32. The third-order valence-corrected chi connectivity index (χ3v) is 6.74. The van der Waals surface area contributed by atoms with Crippen LogP contribution in [0.2, 0.25) is 0 Å². The minimum Gasteiger partial charge on any atom is -0.353 e. The Labute approximate surface area is 198 Å². The smallest absolute Gasteiger partial charge is 0.322 e. The van der Waals surface area contributed by atoms with Crippen molar-refractivity contribution in [1.29, 1.82) is 0 Å². The normalized spacial score (nSPS) is 20.4. The third kappa shape index (κ3) is 4.10. The van der Waals surface area contributed by atoms with Crippen LogP contribution in [-0.4, -0.2) is 53.9 Å². The fourth-order valence-corrected chi connectivity index (χ4v) is 4.81. The lowest BCUT2D eigenvalue weighted by atomic mass is 9.84. The summed E-state index contributed by atoms with van der Waals surface area (Å²) in [6.45, 7) is 10.2. The molecule has 34 heavy (non-hydrogen) atoms. The molecular formula is C25H30FN5O3. The van der Waals surface area contributed by atoms with E-state index in [0.29, 0.717) is 32.6 Å². The highest BCUT2D eigenvalue weighted by molar-refractivity contribution is 6.07. The number of aryl methyl sites for hydroxylation is 3. The van der Waals surface area contributed by atoms with Gasteiger partial charge < -0.3 is 15.1 Å². The van der Waals surface area contributed by atoms with Crippen LogP contribution in [0.1, 0.15) is 52.5 Å². The maximum atomic E-state index is 15.2. The molecule has 4 amide bonds. The topological polar surface area (TPSA) is 94.6 Å². The number of hydrogen-bond acceptors (Lipinski definition) is 5. The minimum atomic E-state index is -1.46. The molecule has 2 aliphatic heterocycles. The van der Waals surface area contributed by atoms with E-state index in [1.807, 2.05) is 27.7 Å². The highest BCUT2D eigenvalue weighted by atomic mass is 19.1. The van der Waals surface area contributed by atoms with Gasteiger partial charge in [-0.2, -0.15) is 0 Å². The van der Waals surface area contributed by atoms with Crippen LogP contribution >= 0.6 is 0 Å². The van der Waals surface area contributed by atoms with Crippen LogP contribution in [0.3, 0.4) is 0 Å². The van der Waals surface area contributed by atoms with E-state index in [4.69, 9.17) is 4.98 Å². The Morgan fingerprint density at radius 1 is 1.09 bits per heavy atom. The van der Waals surface area contributed by atoms with E-state index >= 15 is 4.39 Å². The molecule has 180 valence electrons. The van der Waals surface area contributed by atoms with Gasteiger partial charge in [-0.05, 0) is 50.5 Å². The van der Waals surface area contributed by atoms with Crippen molar-refractivity contribution in [2.75, 3.05) is 31.1 Å². The van der Waals surface area contributed by atoms with Gasteiger partial charge in [-0.3, -0.25) is 14.9 Å². The molecule has 1 aromatic heterocycles. The zero-order chi connectivity index (χ0) is 24.6. The molecule has 1 atom stereocenters. The number of anilines is 1. The van der Waals surface area contributed by atoms with Gasteiger partial charge in [0.05, 0.1) is 0 Å². The Hall–Kier alpha value is -3.49. The number of hydrogen-bond donors (Lipinski definition) is 2. The van der Waals surface area contributed by atoms with Crippen molar-refractivity contribution in [3.8, 4) is 0 Å². The number of nitrogens with one attached hydrogen (secondary N) is 2. The van der Waals surface area contributed by atoms with E-state index in [9.17, 15) is 14.4 Å². The van der Waals surface area contributed by atoms with Crippen LogP contribution in [0.5, 0.6) is 0 Å². The average molecular weight is 468 g/mol. The quantitative estimate of drug-likeness (QED) is 0.660. The van der Waals surface area contributed by atoms with Crippen LogP contribution in [0.25, 0.3) is 0 Å². The number of aromatic nitrogens is 1. The van der Waals surface area contributed by atoms with Gasteiger partial charge in [-0.25, -0.2) is 14.2 Å². The Morgan fingerprint density at radius 2 is 1.79 bits per heavy atom. The van der Waals surface area contributed by atoms with E-state index in [1.54, 1.807) is 4.90 Å². The lowest BCUT2D eigenvalue weighted by Crippen LogP contribution is -2.49. The summed E-state index contributed by atoms with van der Waals surface area (Å²) in [7, 11) is 0. The molecule has 4 rings (SSSR count). The number of piperazine rings is 1. The molecule has 2 aliphatic rings. The van der Waals surface area contributed by atoms with Gasteiger partial charge in [0.1, 0.15) is 17.2 Å². The van der Waals surface area contributed by atoms with E-state index in [-0.39, 0.29) is 23.5 Å². The summed E-state index contributed by atoms with van der Waals surface area (Å²) in [4.78, 5) is 45.9. The summed E-state index contributed by atoms with van der Waals surface area (Å²) in [6, 6.07) is 5.59. The predicted octanol–water partition coefficient (Wildman–Crippen LogP) is 2.94. The van der Waals surface area contributed by atoms with Gasteiger partial charge >= 0.3 is 6.03 Å². The fourth-order valence-electron chi connectivity index (χ4n) is 4.81. The number of nitrogens with zero attached hydrogens (tertiary/aromatic N) is 3. The van der Waals surface area contributed by atoms with Crippen molar-refractivity contribution in [1.82, 2.24) is 20.5 Å². The van der Waals surface area contributed by atoms with Crippen molar-refractivity contribution in [3.05, 3.63) is 58.0 Å². The number of carbonyl (C=O) groups is 3. The lowest BCUT2D eigenvalue weighted by molar-refractivity contribution is -0.124. The second-order valence-corrected chi connectivity index (χ2v) is 9.07. The molecule has 2 N–H and O–H groups in total. The summed E-state index contributed by atoms with van der Waals surface area (Å²) in [5, 5.41) is 4.77. The first-order chi connectivity index (χ1) is 16.2. The largest absolute Gasteiger partial charge is 0.353 e. The first-order valence-electron chi connectivity index (χ1n) is 11.6. The Kier molecular flexibility index (Phi) is 6.29. The highest BCUT2D eigenvalue weighted by Gasteiger charge is 2.48. The van der Waals surface area contributed by atoms with E-state index in [0.717, 1.165) is 28.7 Å². The maximum absolute atomic E-state index is 15.2. The van der Waals surface area contributed by atoms with Gasteiger partial charge in [0, 0.05) is 43.0 Å². The Bertz CT molecular complexity index is 1160. The van der Waals surface area contributed by atoms with Crippen LogP contribution in [0.15, 0.2) is 24.3 Å². The monoisotopic (exact) mass is 467 g/mol. The van der Waals surface area contributed by atoms with E-state index in [1.165, 1.54) is 12.1 Å². The third-order valence-electron chi connectivity index (χ3n) is 6.74. The summed E-state index contributed by atoms with van der Waals surface area (Å²) in [5.74, 6) is -0.600. The predicted molar refractivity (Wildman–Crippen MR) is 126 cm³/mol. The standard InChI is InChI=1S/C25H30FN5O3/c1-5-8-25(23(33)28-24(34)29-25)19-7-6-18(14-20(19)26)22(32)31-11-9-30(10-12-31)21-16(3)13-15(2)17(4)27-21/h6-7,13-14H,5,8-12H2,1-4H3,(H2,28,29,33,34).